The molecule has 0 aliphatic carbocycles. The summed E-state index contributed by atoms with van der Waals surface area (Å²) in [6.45, 7) is 0. The Balaban J connectivity index is 2.12. The van der Waals surface area contributed by atoms with E-state index < -0.39 is 12.0 Å². The molecule has 1 fully saturated rings. The highest BCUT2D eigenvalue weighted by molar-refractivity contribution is 6.05. The Morgan fingerprint density at radius 2 is 2.15 bits per heavy atom. The normalized spacial score (nSPS) is 19.1. The van der Waals surface area contributed by atoms with Gasteiger partial charge in [0, 0.05) is 7.05 Å². The molecule has 1 aliphatic rings. The Morgan fingerprint density at radius 1 is 1.40 bits per heavy atom. The number of fused-ring (bicyclic) bond motifs is 1. The van der Waals surface area contributed by atoms with Crippen LogP contribution in [0, 0.1) is 0 Å². The van der Waals surface area contributed by atoms with E-state index >= 15 is 0 Å². The SMILES string of the molecule is CN1C(=O)CC(n2cnc3ccc(C(=O)O)cc32)C1=O. The number of hydrogen-bond donors (Lipinski definition) is 1. The summed E-state index contributed by atoms with van der Waals surface area (Å²) in [6, 6.07) is 3.85. The quantitative estimate of drug-likeness (QED) is 0.811. The second kappa shape index (κ2) is 4.16. The minimum absolute atomic E-state index is 0.0676. The fourth-order valence-corrected chi connectivity index (χ4v) is 2.36. The highest BCUT2D eigenvalue weighted by Gasteiger charge is 2.37. The van der Waals surface area contributed by atoms with Gasteiger partial charge in [0.05, 0.1) is 29.3 Å². The third-order valence-electron chi connectivity index (χ3n) is 3.52. The number of imide groups is 1. The van der Waals surface area contributed by atoms with Crippen LogP contribution >= 0.6 is 0 Å². The van der Waals surface area contributed by atoms with Crippen LogP contribution in [0.25, 0.3) is 11.0 Å². The van der Waals surface area contributed by atoms with Crippen LogP contribution in [0.15, 0.2) is 24.5 Å². The molecule has 0 bridgehead atoms. The van der Waals surface area contributed by atoms with Crippen LogP contribution in [0.3, 0.4) is 0 Å². The van der Waals surface area contributed by atoms with E-state index in [9.17, 15) is 14.4 Å². The number of likely N-dealkylation sites (tertiary alicyclic amines) is 1. The standard InChI is InChI=1S/C13H11N3O4/c1-15-11(17)5-10(12(15)18)16-6-14-8-3-2-7(13(19)20)4-9(8)16/h2-4,6,10H,5H2,1H3,(H,19,20). The van der Waals surface area contributed by atoms with E-state index in [2.05, 4.69) is 4.98 Å². The summed E-state index contributed by atoms with van der Waals surface area (Å²) in [5.74, 6) is -1.61. The van der Waals surface area contributed by atoms with Crippen LogP contribution in [-0.2, 0) is 9.59 Å². The first-order valence-corrected chi connectivity index (χ1v) is 5.99. The Hall–Kier alpha value is -2.70. The van der Waals surface area contributed by atoms with Gasteiger partial charge < -0.3 is 9.67 Å². The Morgan fingerprint density at radius 3 is 2.75 bits per heavy atom. The molecule has 102 valence electrons. The Kier molecular flexibility index (Phi) is 2.56. The Bertz CT molecular complexity index is 749. The van der Waals surface area contributed by atoms with E-state index in [1.165, 1.54) is 25.5 Å². The van der Waals surface area contributed by atoms with Crippen molar-refractivity contribution >= 4 is 28.8 Å². The third-order valence-corrected chi connectivity index (χ3v) is 3.52. The van der Waals surface area contributed by atoms with Crippen molar-refractivity contribution in [3.8, 4) is 0 Å². The summed E-state index contributed by atoms with van der Waals surface area (Å²) in [5.41, 5.74) is 1.24. The van der Waals surface area contributed by atoms with E-state index in [0.717, 1.165) is 4.90 Å². The van der Waals surface area contributed by atoms with Gasteiger partial charge in [0.15, 0.2) is 0 Å². The van der Waals surface area contributed by atoms with Crippen LogP contribution in [0.4, 0.5) is 0 Å². The first-order chi connectivity index (χ1) is 9.49. The topological polar surface area (TPSA) is 92.5 Å². The number of aromatic nitrogens is 2. The minimum atomic E-state index is -1.05. The van der Waals surface area contributed by atoms with Crippen LogP contribution in [0.5, 0.6) is 0 Å². The van der Waals surface area contributed by atoms with Crippen molar-refractivity contribution in [2.45, 2.75) is 12.5 Å². The predicted molar refractivity (Wildman–Crippen MR) is 68.1 cm³/mol. The maximum absolute atomic E-state index is 12.0. The summed E-state index contributed by atoms with van der Waals surface area (Å²) in [6.07, 6.45) is 1.53. The number of aromatic carboxylic acids is 1. The molecule has 2 heterocycles. The monoisotopic (exact) mass is 273 g/mol. The van der Waals surface area contributed by atoms with Gasteiger partial charge in [-0.15, -0.1) is 0 Å². The molecule has 1 saturated heterocycles. The lowest BCUT2D eigenvalue weighted by Crippen LogP contribution is -2.26. The molecule has 20 heavy (non-hydrogen) atoms. The van der Waals surface area contributed by atoms with E-state index in [0.29, 0.717) is 11.0 Å². The number of nitrogens with zero attached hydrogens (tertiary/aromatic N) is 3. The molecular weight excluding hydrogens is 262 g/mol. The number of carbonyl (C=O) groups excluding carboxylic acids is 2. The molecule has 1 N–H and O–H groups in total. The van der Waals surface area contributed by atoms with E-state index in [1.54, 1.807) is 10.6 Å². The van der Waals surface area contributed by atoms with Crippen molar-refractivity contribution < 1.29 is 19.5 Å². The second-order valence-corrected chi connectivity index (χ2v) is 4.67. The molecule has 0 radical (unpaired) electrons. The molecular formula is C13H11N3O4. The van der Waals surface area contributed by atoms with E-state index in [-0.39, 0.29) is 23.8 Å². The van der Waals surface area contributed by atoms with Crippen molar-refractivity contribution in [1.29, 1.82) is 0 Å². The Labute approximate surface area is 113 Å². The zero-order chi connectivity index (χ0) is 14.4. The third kappa shape index (κ3) is 1.67. The summed E-state index contributed by atoms with van der Waals surface area (Å²) in [5, 5.41) is 9.02. The maximum atomic E-state index is 12.0. The van der Waals surface area contributed by atoms with Crippen molar-refractivity contribution in [3.63, 3.8) is 0 Å². The second-order valence-electron chi connectivity index (χ2n) is 4.67. The molecule has 1 aromatic carbocycles. The van der Waals surface area contributed by atoms with E-state index in [4.69, 9.17) is 5.11 Å². The minimum Gasteiger partial charge on any atom is -0.478 e. The van der Waals surface area contributed by atoms with Crippen molar-refractivity contribution in [2.75, 3.05) is 7.05 Å². The molecule has 0 spiro atoms. The zero-order valence-electron chi connectivity index (χ0n) is 10.6. The molecule has 1 aromatic heterocycles. The van der Waals surface area contributed by atoms with Gasteiger partial charge in [0.1, 0.15) is 6.04 Å². The number of hydrogen-bond acceptors (Lipinski definition) is 4. The number of benzene rings is 1. The van der Waals surface area contributed by atoms with Gasteiger partial charge >= 0.3 is 5.97 Å². The van der Waals surface area contributed by atoms with Gasteiger partial charge in [-0.1, -0.05) is 0 Å². The molecule has 1 aliphatic heterocycles. The maximum Gasteiger partial charge on any atom is 0.335 e. The van der Waals surface area contributed by atoms with Crippen molar-refractivity contribution in [2.24, 2.45) is 0 Å². The number of amides is 2. The van der Waals surface area contributed by atoms with Gasteiger partial charge in [-0.25, -0.2) is 9.78 Å². The van der Waals surface area contributed by atoms with E-state index in [1.807, 2.05) is 0 Å². The lowest BCUT2D eigenvalue weighted by atomic mass is 10.2. The van der Waals surface area contributed by atoms with Gasteiger partial charge in [0.2, 0.25) is 5.91 Å². The highest BCUT2D eigenvalue weighted by Crippen LogP contribution is 2.27. The summed E-state index contributed by atoms with van der Waals surface area (Å²) in [7, 11) is 1.44. The highest BCUT2D eigenvalue weighted by atomic mass is 16.4. The summed E-state index contributed by atoms with van der Waals surface area (Å²) >= 11 is 0. The van der Waals surface area contributed by atoms with Crippen LogP contribution in [0.2, 0.25) is 0 Å². The fraction of sp³-hybridized carbons (Fsp3) is 0.231. The first kappa shape index (κ1) is 12.3. The summed E-state index contributed by atoms with van der Waals surface area (Å²) in [4.78, 5) is 39.8. The average Bonchev–Trinajstić information content (AvgIpc) is 2.94. The largest absolute Gasteiger partial charge is 0.478 e. The molecule has 1 unspecified atom stereocenters. The fourth-order valence-electron chi connectivity index (χ4n) is 2.36. The van der Waals surface area contributed by atoms with Crippen LogP contribution in [-0.4, -0.2) is 44.4 Å². The molecule has 2 aromatic rings. The van der Waals surface area contributed by atoms with Gasteiger partial charge in [-0.3, -0.25) is 14.5 Å². The lowest BCUT2D eigenvalue weighted by Gasteiger charge is -2.11. The van der Waals surface area contributed by atoms with Crippen molar-refractivity contribution in [1.82, 2.24) is 14.5 Å². The number of carboxylic acid groups (broad SMARTS) is 1. The average molecular weight is 273 g/mol. The van der Waals surface area contributed by atoms with Crippen LogP contribution < -0.4 is 0 Å². The number of imidazole rings is 1. The van der Waals surface area contributed by atoms with Gasteiger partial charge in [0.25, 0.3) is 5.91 Å². The summed E-state index contributed by atoms with van der Waals surface area (Å²) < 4.78 is 1.56. The number of likely N-dealkylation sites (N-methyl/N-ethyl adjacent to an activating group) is 1. The van der Waals surface area contributed by atoms with Crippen LogP contribution in [0.1, 0.15) is 22.8 Å². The van der Waals surface area contributed by atoms with Gasteiger partial charge in [-0.05, 0) is 18.2 Å². The predicted octanol–water partition coefficient (Wildman–Crippen LogP) is 0.664. The lowest BCUT2D eigenvalue weighted by molar-refractivity contribution is -0.137. The first-order valence-electron chi connectivity index (χ1n) is 5.99. The van der Waals surface area contributed by atoms with Gasteiger partial charge in [-0.2, -0.15) is 0 Å². The van der Waals surface area contributed by atoms with Crippen molar-refractivity contribution in [3.05, 3.63) is 30.1 Å². The number of carbonyl (C=O) groups is 3. The zero-order valence-corrected chi connectivity index (χ0v) is 10.6. The smallest absolute Gasteiger partial charge is 0.335 e. The number of rotatable bonds is 2. The molecule has 7 nitrogen and oxygen atoms in total. The molecule has 2 amide bonds. The molecule has 7 heteroatoms. The molecule has 3 rings (SSSR count). The molecule has 1 atom stereocenters. The number of carboxylic acids is 1. The molecule has 0 saturated carbocycles.